The fourth-order valence-corrected chi connectivity index (χ4v) is 5.89. The Balaban J connectivity index is 0.000000177. The molecule has 2 aromatic heterocycles. The van der Waals surface area contributed by atoms with Crippen molar-refractivity contribution in [2.45, 2.75) is 58.8 Å². The van der Waals surface area contributed by atoms with Crippen LogP contribution in [0.3, 0.4) is 0 Å². The average molecular weight is 591 g/mol. The van der Waals surface area contributed by atoms with E-state index in [1.165, 1.54) is 28.7 Å². The van der Waals surface area contributed by atoms with Crippen LogP contribution in [0, 0.1) is 13.8 Å². The Hall–Kier alpha value is -3.91. The minimum absolute atomic E-state index is 0.121. The maximum Gasteiger partial charge on any atom is 0.253 e. The summed E-state index contributed by atoms with van der Waals surface area (Å²) in [4.78, 5) is 25.6. The molecule has 6 rings (SSSR count). The van der Waals surface area contributed by atoms with Crippen molar-refractivity contribution >= 4 is 5.91 Å². The van der Waals surface area contributed by atoms with Gasteiger partial charge in [-0.05, 0) is 99.8 Å². The number of pyridine rings is 2. The zero-order valence-electron chi connectivity index (χ0n) is 26.8. The highest BCUT2D eigenvalue weighted by Gasteiger charge is 2.29. The molecule has 2 aliphatic heterocycles. The van der Waals surface area contributed by atoms with E-state index in [-0.39, 0.29) is 5.91 Å². The third-order valence-corrected chi connectivity index (χ3v) is 8.80. The molecule has 2 N–H and O–H groups in total. The van der Waals surface area contributed by atoms with Gasteiger partial charge in [-0.3, -0.25) is 19.7 Å². The monoisotopic (exact) mass is 590 g/mol. The molecule has 7 heteroatoms. The Bertz CT molecular complexity index is 1500. The van der Waals surface area contributed by atoms with Crippen LogP contribution in [0.4, 0.5) is 0 Å². The van der Waals surface area contributed by atoms with Gasteiger partial charge in [0.05, 0.1) is 0 Å². The standard InChI is InChI=1S/C20H25N3O.C17H21N3/c1-14-9-19(11-21-10-14)17-5-7-18(8-6-17)20(24)23-12-15(2)22(4)16(3)13-23;1-13-8-16(11-19-9-13)15-4-2-14(3-5-15)10-20-17-6-7-18-12-17/h5-11,15-16H,12-13H2,1-4H3;2-5,8-9,11,17-18,20H,6-7,10,12H2,1H3. The van der Waals surface area contributed by atoms with Crippen LogP contribution in [0.25, 0.3) is 22.3 Å². The summed E-state index contributed by atoms with van der Waals surface area (Å²) in [6.45, 7) is 13.2. The van der Waals surface area contributed by atoms with Crippen molar-refractivity contribution in [3.05, 3.63) is 108 Å². The molecule has 0 bridgehead atoms. The largest absolute Gasteiger partial charge is 0.336 e. The quantitative estimate of drug-likeness (QED) is 0.299. The maximum absolute atomic E-state index is 12.8. The molecule has 1 amide bonds. The van der Waals surface area contributed by atoms with Crippen molar-refractivity contribution in [2.75, 3.05) is 33.2 Å². The topological polar surface area (TPSA) is 73.4 Å². The number of nitrogens with zero attached hydrogens (tertiary/aromatic N) is 4. The van der Waals surface area contributed by atoms with Crippen LogP contribution in [0.15, 0.2) is 85.5 Å². The van der Waals surface area contributed by atoms with E-state index < -0.39 is 0 Å². The predicted molar refractivity (Wildman–Crippen MR) is 180 cm³/mol. The van der Waals surface area contributed by atoms with E-state index in [1.807, 2.05) is 60.9 Å². The summed E-state index contributed by atoms with van der Waals surface area (Å²) in [7, 11) is 2.13. The van der Waals surface area contributed by atoms with Gasteiger partial charge in [0.1, 0.15) is 0 Å². The van der Waals surface area contributed by atoms with Crippen molar-refractivity contribution in [2.24, 2.45) is 0 Å². The number of rotatable bonds is 6. The molecule has 2 fully saturated rings. The Morgan fingerprint density at radius 2 is 1.36 bits per heavy atom. The first-order valence-corrected chi connectivity index (χ1v) is 15.7. The number of carbonyl (C=O) groups is 1. The second-order valence-electron chi connectivity index (χ2n) is 12.4. The summed E-state index contributed by atoms with van der Waals surface area (Å²) in [5.41, 5.74) is 9.00. The van der Waals surface area contributed by atoms with Crippen LogP contribution in [-0.2, 0) is 6.54 Å². The third kappa shape index (κ3) is 8.17. The van der Waals surface area contributed by atoms with E-state index in [9.17, 15) is 4.79 Å². The number of carbonyl (C=O) groups excluding carboxylic acids is 1. The molecule has 230 valence electrons. The summed E-state index contributed by atoms with van der Waals surface area (Å²) >= 11 is 0. The highest BCUT2D eigenvalue weighted by molar-refractivity contribution is 5.94. The summed E-state index contributed by atoms with van der Waals surface area (Å²) in [5, 5.41) is 6.97. The van der Waals surface area contributed by atoms with Gasteiger partial charge >= 0.3 is 0 Å². The molecule has 0 spiro atoms. The molecule has 0 aliphatic carbocycles. The fourth-order valence-electron chi connectivity index (χ4n) is 5.89. The van der Waals surface area contributed by atoms with E-state index in [0.717, 1.165) is 55.0 Å². The highest BCUT2D eigenvalue weighted by atomic mass is 16.2. The number of aromatic nitrogens is 2. The van der Waals surface area contributed by atoms with Crippen molar-refractivity contribution in [3.8, 4) is 22.3 Å². The number of hydrogen-bond acceptors (Lipinski definition) is 6. The summed E-state index contributed by atoms with van der Waals surface area (Å²) in [6.07, 6.45) is 8.74. The zero-order valence-corrected chi connectivity index (χ0v) is 26.8. The number of piperazine rings is 1. The predicted octanol–water partition coefficient (Wildman–Crippen LogP) is 5.73. The lowest BCUT2D eigenvalue weighted by Gasteiger charge is -2.42. The van der Waals surface area contributed by atoms with Crippen LogP contribution < -0.4 is 10.6 Å². The van der Waals surface area contributed by atoms with Crippen molar-refractivity contribution in [1.82, 2.24) is 30.4 Å². The van der Waals surface area contributed by atoms with Crippen LogP contribution in [0.2, 0.25) is 0 Å². The molecular formula is C37H46N6O. The molecule has 0 radical (unpaired) electrons. The molecule has 3 unspecified atom stereocenters. The lowest BCUT2D eigenvalue weighted by molar-refractivity contribution is 0.0414. The molecule has 7 nitrogen and oxygen atoms in total. The van der Waals surface area contributed by atoms with Crippen LogP contribution in [0.5, 0.6) is 0 Å². The molecule has 0 saturated carbocycles. The Morgan fingerprint density at radius 3 is 1.86 bits per heavy atom. The average Bonchev–Trinajstić information content (AvgIpc) is 3.57. The molecular weight excluding hydrogens is 544 g/mol. The summed E-state index contributed by atoms with van der Waals surface area (Å²) < 4.78 is 0. The molecule has 2 aromatic carbocycles. The smallest absolute Gasteiger partial charge is 0.253 e. The van der Waals surface area contributed by atoms with Crippen LogP contribution in [0.1, 0.15) is 47.3 Å². The number of benzene rings is 2. The third-order valence-electron chi connectivity index (χ3n) is 8.80. The minimum Gasteiger partial charge on any atom is -0.336 e. The zero-order chi connectivity index (χ0) is 31.1. The van der Waals surface area contributed by atoms with E-state index in [4.69, 9.17) is 0 Å². The SMILES string of the molecule is Cc1cncc(-c2ccc(C(=O)N3CC(C)N(C)C(C)C3)cc2)c1.Cc1cncc(-c2ccc(CNC3CCNC3)cc2)c1. The first-order valence-electron chi connectivity index (χ1n) is 15.7. The Morgan fingerprint density at radius 1 is 0.818 bits per heavy atom. The second-order valence-corrected chi connectivity index (χ2v) is 12.4. The van der Waals surface area contributed by atoms with Crippen molar-refractivity contribution < 1.29 is 4.79 Å². The van der Waals surface area contributed by atoms with Gasteiger partial charge in [-0.25, -0.2) is 0 Å². The van der Waals surface area contributed by atoms with Gasteiger partial charge in [-0.15, -0.1) is 0 Å². The van der Waals surface area contributed by atoms with Crippen molar-refractivity contribution in [3.63, 3.8) is 0 Å². The Kier molecular flexibility index (Phi) is 10.5. The van der Waals surface area contributed by atoms with Gasteiger partial charge in [0.2, 0.25) is 0 Å². The first kappa shape index (κ1) is 31.5. The highest BCUT2D eigenvalue weighted by Crippen LogP contribution is 2.22. The molecule has 2 saturated heterocycles. The lowest BCUT2D eigenvalue weighted by Crippen LogP contribution is -2.56. The van der Waals surface area contributed by atoms with E-state index in [2.05, 4.69) is 89.7 Å². The summed E-state index contributed by atoms with van der Waals surface area (Å²) in [5.74, 6) is 0.121. The Labute approximate surface area is 262 Å². The first-order chi connectivity index (χ1) is 21.3. The summed E-state index contributed by atoms with van der Waals surface area (Å²) in [6, 6.07) is 22.3. The van der Waals surface area contributed by atoms with Gasteiger partial charge in [0, 0.05) is 85.8 Å². The molecule has 4 heterocycles. The molecule has 2 aliphatic rings. The number of likely N-dealkylation sites (N-methyl/N-ethyl adjacent to an activating group) is 1. The molecule has 4 aromatic rings. The lowest BCUT2D eigenvalue weighted by atomic mass is 10.0. The number of amides is 1. The maximum atomic E-state index is 12.8. The van der Waals surface area contributed by atoms with Gasteiger partial charge in [-0.1, -0.05) is 36.4 Å². The molecule has 44 heavy (non-hydrogen) atoms. The number of nitrogens with one attached hydrogen (secondary N) is 2. The number of hydrogen-bond donors (Lipinski definition) is 2. The van der Waals surface area contributed by atoms with E-state index in [0.29, 0.717) is 18.1 Å². The fraction of sp³-hybridized carbons (Fsp3) is 0.378. The van der Waals surface area contributed by atoms with Crippen LogP contribution >= 0.6 is 0 Å². The normalized spacial score (nSPS) is 20.2. The van der Waals surface area contributed by atoms with Crippen molar-refractivity contribution in [1.29, 1.82) is 0 Å². The van der Waals surface area contributed by atoms with E-state index in [1.54, 1.807) is 0 Å². The van der Waals surface area contributed by atoms with E-state index >= 15 is 0 Å². The second kappa shape index (κ2) is 14.7. The van der Waals surface area contributed by atoms with Crippen LogP contribution in [-0.4, -0.2) is 77.0 Å². The van der Waals surface area contributed by atoms with Gasteiger partial charge in [0.15, 0.2) is 0 Å². The van der Waals surface area contributed by atoms with Gasteiger partial charge in [-0.2, -0.15) is 0 Å². The number of aryl methyl sites for hydroxylation is 2. The minimum atomic E-state index is 0.121. The van der Waals surface area contributed by atoms with Gasteiger partial charge in [0.25, 0.3) is 5.91 Å². The van der Waals surface area contributed by atoms with Gasteiger partial charge < -0.3 is 15.5 Å². The molecule has 3 atom stereocenters.